The van der Waals surface area contributed by atoms with Crippen LogP contribution in [-0.4, -0.2) is 17.9 Å². The zero-order valence-electron chi connectivity index (χ0n) is 8.37. The van der Waals surface area contributed by atoms with Gasteiger partial charge in [0.15, 0.2) is 5.78 Å². The summed E-state index contributed by atoms with van der Waals surface area (Å²) in [7, 11) is 1.64. The Morgan fingerprint density at radius 2 is 2.36 bits per heavy atom. The standard InChI is InChI=1S/C10H13NO2S/c1-6(12)10-9(7-3-4-7)11-8(14-10)5-13-2/h7H,3-5H2,1-2H3. The van der Waals surface area contributed by atoms with Gasteiger partial charge in [0, 0.05) is 20.0 Å². The molecule has 1 fully saturated rings. The molecular formula is C10H13NO2S. The van der Waals surface area contributed by atoms with Crippen molar-refractivity contribution in [3.8, 4) is 0 Å². The first-order valence-electron chi connectivity index (χ1n) is 4.72. The van der Waals surface area contributed by atoms with Gasteiger partial charge in [0.05, 0.1) is 17.2 Å². The fourth-order valence-corrected chi connectivity index (χ4v) is 2.47. The average molecular weight is 211 g/mol. The molecule has 1 saturated carbocycles. The SMILES string of the molecule is COCc1nc(C2CC2)c(C(C)=O)s1. The molecule has 1 aromatic heterocycles. The molecule has 0 spiro atoms. The van der Waals surface area contributed by atoms with E-state index in [0.29, 0.717) is 12.5 Å². The van der Waals surface area contributed by atoms with Gasteiger partial charge in [-0.05, 0) is 12.8 Å². The van der Waals surface area contributed by atoms with Gasteiger partial charge in [-0.2, -0.15) is 0 Å². The molecule has 0 aliphatic heterocycles. The largest absolute Gasteiger partial charge is 0.378 e. The third-order valence-corrected chi connectivity index (χ3v) is 3.39. The van der Waals surface area contributed by atoms with Gasteiger partial charge in [-0.15, -0.1) is 11.3 Å². The van der Waals surface area contributed by atoms with E-state index in [4.69, 9.17) is 4.74 Å². The first-order valence-corrected chi connectivity index (χ1v) is 5.53. The lowest BCUT2D eigenvalue weighted by Gasteiger charge is -1.92. The lowest BCUT2D eigenvalue weighted by molar-refractivity contribution is 0.102. The molecule has 76 valence electrons. The van der Waals surface area contributed by atoms with Crippen LogP contribution in [0.2, 0.25) is 0 Å². The summed E-state index contributed by atoms with van der Waals surface area (Å²) >= 11 is 1.47. The summed E-state index contributed by atoms with van der Waals surface area (Å²) in [4.78, 5) is 16.6. The molecule has 0 unspecified atom stereocenters. The van der Waals surface area contributed by atoms with Gasteiger partial charge >= 0.3 is 0 Å². The van der Waals surface area contributed by atoms with E-state index >= 15 is 0 Å². The minimum atomic E-state index is 0.131. The predicted molar refractivity (Wildman–Crippen MR) is 54.8 cm³/mol. The van der Waals surface area contributed by atoms with E-state index in [9.17, 15) is 4.79 Å². The quantitative estimate of drug-likeness (QED) is 0.718. The van der Waals surface area contributed by atoms with Crippen LogP contribution in [0, 0.1) is 0 Å². The maximum atomic E-state index is 11.3. The normalized spacial score (nSPS) is 15.9. The number of nitrogens with zero attached hydrogens (tertiary/aromatic N) is 1. The summed E-state index contributed by atoms with van der Waals surface area (Å²) in [6.07, 6.45) is 2.35. The van der Waals surface area contributed by atoms with Gasteiger partial charge in [-0.25, -0.2) is 4.98 Å². The maximum absolute atomic E-state index is 11.3. The third kappa shape index (κ3) is 1.86. The van der Waals surface area contributed by atoms with E-state index in [2.05, 4.69) is 4.98 Å². The van der Waals surface area contributed by atoms with Crippen LogP contribution in [0.1, 0.15) is 46.1 Å². The Morgan fingerprint density at radius 3 is 2.86 bits per heavy atom. The number of ether oxygens (including phenoxy) is 1. The molecule has 1 heterocycles. The molecule has 4 heteroatoms. The van der Waals surface area contributed by atoms with E-state index in [1.807, 2.05) is 0 Å². The molecule has 0 saturated heterocycles. The number of carbonyl (C=O) groups excluding carboxylic acids is 1. The molecular weight excluding hydrogens is 198 g/mol. The van der Waals surface area contributed by atoms with Gasteiger partial charge in [0.1, 0.15) is 5.01 Å². The van der Waals surface area contributed by atoms with Crippen molar-refractivity contribution in [1.82, 2.24) is 4.98 Å². The number of ketones is 1. The van der Waals surface area contributed by atoms with Crippen LogP contribution in [0.15, 0.2) is 0 Å². The van der Waals surface area contributed by atoms with Crippen LogP contribution in [0.5, 0.6) is 0 Å². The van der Waals surface area contributed by atoms with Gasteiger partial charge in [-0.3, -0.25) is 4.79 Å². The number of carbonyl (C=O) groups is 1. The Morgan fingerprint density at radius 1 is 1.64 bits per heavy atom. The molecule has 0 radical (unpaired) electrons. The van der Waals surface area contributed by atoms with Gasteiger partial charge < -0.3 is 4.74 Å². The van der Waals surface area contributed by atoms with Crippen molar-refractivity contribution in [1.29, 1.82) is 0 Å². The number of methoxy groups -OCH3 is 1. The van der Waals surface area contributed by atoms with Crippen molar-refractivity contribution in [3.63, 3.8) is 0 Å². The summed E-state index contributed by atoms with van der Waals surface area (Å²) in [5, 5.41) is 0.916. The molecule has 0 aromatic carbocycles. The average Bonchev–Trinajstić information content (AvgIpc) is 2.88. The summed E-state index contributed by atoms with van der Waals surface area (Å²) in [6, 6.07) is 0. The lowest BCUT2D eigenvalue weighted by atomic mass is 10.2. The number of aromatic nitrogens is 1. The van der Waals surface area contributed by atoms with E-state index in [1.165, 1.54) is 24.2 Å². The molecule has 1 aliphatic rings. The fraction of sp³-hybridized carbons (Fsp3) is 0.600. The van der Waals surface area contributed by atoms with E-state index in [0.717, 1.165) is 15.6 Å². The molecule has 0 N–H and O–H groups in total. The second-order valence-corrected chi connectivity index (χ2v) is 4.67. The number of hydrogen-bond acceptors (Lipinski definition) is 4. The van der Waals surface area contributed by atoms with Crippen LogP contribution in [0.25, 0.3) is 0 Å². The molecule has 1 aliphatic carbocycles. The minimum absolute atomic E-state index is 0.131. The van der Waals surface area contributed by atoms with Crippen molar-refractivity contribution in [2.45, 2.75) is 32.3 Å². The number of thiazole rings is 1. The van der Waals surface area contributed by atoms with Gasteiger partial charge in [0.2, 0.25) is 0 Å². The molecule has 0 atom stereocenters. The third-order valence-electron chi connectivity index (χ3n) is 2.25. The number of hydrogen-bond donors (Lipinski definition) is 0. The highest BCUT2D eigenvalue weighted by Gasteiger charge is 2.30. The highest BCUT2D eigenvalue weighted by Crippen LogP contribution is 2.42. The minimum Gasteiger partial charge on any atom is -0.378 e. The number of Topliss-reactive ketones (excluding diaryl/α,β-unsaturated/α-hetero) is 1. The van der Waals surface area contributed by atoms with Crippen molar-refractivity contribution in [3.05, 3.63) is 15.6 Å². The maximum Gasteiger partial charge on any atom is 0.171 e. The van der Waals surface area contributed by atoms with Crippen molar-refractivity contribution < 1.29 is 9.53 Å². The Hall–Kier alpha value is -0.740. The molecule has 1 aromatic rings. The van der Waals surface area contributed by atoms with Crippen LogP contribution in [-0.2, 0) is 11.3 Å². The molecule has 14 heavy (non-hydrogen) atoms. The summed E-state index contributed by atoms with van der Waals surface area (Å²) in [6.45, 7) is 2.12. The summed E-state index contributed by atoms with van der Waals surface area (Å²) < 4.78 is 5.01. The first-order chi connectivity index (χ1) is 6.72. The van der Waals surface area contributed by atoms with Gasteiger partial charge in [0.25, 0.3) is 0 Å². The summed E-state index contributed by atoms with van der Waals surface area (Å²) in [5.41, 5.74) is 1.01. The highest BCUT2D eigenvalue weighted by molar-refractivity contribution is 7.13. The van der Waals surface area contributed by atoms with Crippen LogP contribution >= 0.6 is 11.3 Å². The number of rotatable bonds is 4. The smallest absolute Gasteiger partial charge is 0.171 e. The van der Waals surface area contributed by atoms with E-state index < -0.39 is 0 Å². The first kappa shape index (κ1) is 9.80. The van der Waals surface area contributed by atoms with Crippen LogP contribution in [0.3, 0.4) is 0 Å². The molecule has 0 amide bonds. The van der Waals surface area contributed by atoms with E-state index in [-0.39, 0.29) is 5.78 Å². The fourth-order valence-electron chi connectivity index (χ4n) is 1.45. The van der Waals surface area contributed by atoms with Crippen LogP contribution in [0.4, 0.5) is 0 Å². The van der Waals surface area contributed by atoms with Crippen molar-refractivity contribution in [2.75, 3.05) is 7.11 Å². The lowest BCUT2D eigenvalue weighted by Crippen LogP contribution is -1.93. The predicted octanol–water partition coefficient (Wildman–Crippen LogP) is 2.37. The molecule has 0 bridgehead atoms. The summed E-state index contributed by atoms with van der Waals surface area (Å²) in [5.74, 6) is 0.669. The Balaban J connectivity index is 2.30. The second-order valence-electron chi connectivity index (χ2n) is 3.59. The zero-order valence-corrected chi connectivity index (χ0v) is 9.19. The van der Waals surface area contributed by atoms with Crippen molar-refractivity contribution in [2.24, 2.45) is 0 Å². The van der Waals surface area contributed by atoms with Crippen molar-refractivity contribution >= 4 is 17.1 Å². The Labute approximate surface area is 87.1 Å². The van der Waals surface area contributed by atoms with Crippen LogP contribution < -0.4 is 0 Å². The Kier molecular flexibility index (Phi) is 2.65. The second kappa shape index (κ2) is 3.79. The van der Waals surface area contributed by atoms with E-state index in [1.54, 1.807) is 14.0 Å². The topological polar surface area (TPSA) is 39.2 Å². The zero-order chi connectivity index (χ0) is 10.1. The molecule has 2 rings (SSSR count). The molecule has 3 nitrogen and oxygen atoms in total. The van der Waals surface area contributed by atoms with Gasteiger partial charge in [-0.1, -0.05) is 0 Å². The monoisotopic (exact) mass is 211 g/mol. The Bertz CT molecular complexity index is 355. The highest BCUT2D eigenvalue weighted by atomic mass is 32.1.